The molecule has 0 bridgehead atoms. The maximum Gasteiger partial charge on any atom is 0.453 e. The average molecular weight is 364 g/mol. The van der Waals surface area contributed by atoms with Gasteiger partial charge >= 0.3 is 6.18 Å². The van der Waals surface area contributed by atoms with E-state index in [2.05, 4.69) is 0 Å². The van der Waals surface area contributed by atoms with Crippen molar-refractivity contribution in [3.8, 4) is 17.2 Å². The molecule has 0 fully saturated rings. The molecule has 1 heterocycles. The van der Waals surface area contributed by atoms with E-state index < -0.39 is 23.1 Å². The number of aryl methyl sites for hydroxylation is 2. The first-order valence-electron chi connectivity index (χ1n) is 7.68. The second kappa shape index (κ2) is 6.40. The fraction of sp³-hybridized carbons (Fsp3) is 0.211. The third-order valence-electron chi connectivity index (χ3n) is 3.87. The van der Waals surface area contributed by atoms with Crippen LogP contribution < -0.4 is 14.9 Å². The Morgan fingerprint density at radius 2 is 1.77 bits per heavy atom. The highest BCUT2D eigenvalue weighted by Gasteiger charge is 2.40. The molecule has 0 N–H and O–H groups in total. The van der Waals surface area contributed by atoms with E-state index in [1.54, 1.807) is 32.0 Å². The van der Waals surface area contributed by atoms with Crippen LogP contribution >= 0.6 is 0 Å². The normalized spacial score (nSPS) is 11.6. The molecule has 3 aromatic rings. The van der Waals surface area contributed by atoms with Crippen molar-refractivity contribution in [2.45, 2.75) is 20.0 Å². The minimum atomic E-state index is -4.90. The van der Waals surface area contributed by atoms with Gasteiger partial charge in [-0.05, 0) is 43.2 Å². The van der Waals surface area contributed by atoms with Crippen LogP contribution in [0, 0.1) is 13.8 Å². The number of halogens is 3. The summed E-state index contributed by atoms with van der Waals surface area (Å²) in [6, 6.07) is 9.10. The van der Waals surface area contributed by atoms with E-state index in [4.69, 9.17) is 13.9 Å². The Morgan fingerprint density at radius 1 is 1.04 bits per heavy atom. The average Bonchev–Trinajstić information content (AvgIpc) is 2.58. The SMILES string of the molecule is COc1ccc2c(=O)c(Oc3cc(C)ccc3C)c(C(F)(F)F)oc2c1. The Balaban J connectivity index is 2.27. The van der Waals surface area contributed by atoms with Crippen LogP contribution in [0.1, 0.15) is 16.9 Å². The van der Waals surface area contributed by atoms with Crippen molar-refractivity contribution in [3.05, 3.63) is 63.5 Å². The lowest BCUT2D eigenvalue weighted by Gasteiger charge is -2.15. The summed E-state index contributed by atoms with van der Waals surface area (Å²) in [4.78, 5) is 12.7. The van der Waals surface area contributed by atoms with Crippen LogP contribution in [0.3, 0.4) is 0 Å². The molecular weight excluding hydrogens is 349 g/mol. The van der Waals surface area contributed by atoms with Gasteiger partial charge in [0, 0.05) is 6.07 Å². The largest absolute Gasteiger partial charge is 0.497 e. The Morgan fingerprint density at radius 3 is 2.42 bits per heavy atom. The summed E-state index contributed by atoms with van der Waals surface area (Å²) in [5.74, 6) is -1.93. The molecular formula is C19H15F3O4. The van der Waals surface area contributed by atoms with Crippen LogP contribution in [-0.2, 0) is 6.18 Å². The van der Waals surface area contributed by atoms with Gasteiger partial charge in [0.2, 0.25) is 11.2 Å². The van der Waals surface area contributed by atoms with E-state index in [-0.39, 0.29) is 22.5 Å². The Kier molecular flexibility index (Phi) is 4.39. The maximum atomic E-state index is 13.5. The van der Waals surface area contributed by atoms with E-state index in [0.717, 1.165) is 5.56 Å². The van der Waals surface area contributed by atoms with Gasteiger partial charge in [-0.2, -0.15) is 13.2 Å². The molecule has 1 aromatic heterocycles. The van der Waals surface area contributed by atoms with Crippen molar-refractivity contribution >= 4 is 11.0 Å². The van der Waals surface area contributed by atoms with Crippen molar-refractivity contribution in [2.75, 3.05) is 7.11 Å². The third kappa shape index (κ3) is 3.24. The number of hydrogen-bond acceptors (Lipinski definition) is 4. The van der Waals surface area contributed by atoms with E-state index in [1.807, 2.05) is 0 Å². The van der Waals surface area contributed by atoms with E-state index >= 15 is 0 Å². The number of ether oxygens (including phenoxy) is 2. The van der Waals surface area contributed by atoms with Gasteiger partial charge in [-0.1, -0.05) is 12.1 Å². The molecule has 4 nitrogen and oxygen atoms in total. The lowest BCUT2D eigenvalue weighted by Crippen LogP contribution is -2.15. The zero-order valence-corrected chi connectivity index (χ0v) is 14.2. The fourth-order valence-electron chi connectivity index (χ4n) is 2.49. The number of rotatable bonds is 3. The highest BCUT2D eigenvalue weighted by Crippen LogP contribution is 2.39. The van der Waals surface area contributed by atoms with Gasteiger partial charge in [-0.15, -0.1) is 0 Å². The van der Waals surface area contributed by atoms with Gasteiger partial charge in [0.05, 0.1) is 12.5 Å². The van der Waals surface area contributed by atoms with Crippen molar-refractivity contribution in [2.24, 2.45) is 0 Å². The van der Waals surface area contributed by atoms with Crippen LogP contribution in [0.4, 0.5) is 13.2 Å². The lowest BCUT2D eigenvalue weighted by atomic mass is 10.1. The summed E-state index contributed by atoms with van der Waals surface area (Å²) in [6.07, 6.45) is -4.90. The van der Waals surface area contributed by atoms with Gasteiger partial charge in [0.25, 0.3) is 5.76 Å². The molecule has 0 aliphatic carbocycles. The van der Waals surface area contributed by atoms with Crippen molar-refractivity contribution in [1.82, 2.24) is 0 Å². The van der Waals surface area contributed by atoms with Crippen LogP contribution in [0.15, 0.2) is 45.6 Å². The second-order valence-electron chi connectivity index (χ2n) is 5.82. The molecule has 0 amide bonds. The first kappa shape index (κ1) is 17.8. The molecule has 136 valence electrons. The highest BCUT2D eigenvalue weighted by molar-refractivity contribution is 5.79. The van der Waals surface area contributed by atoms with Gasteiger partial charge in [-0.25, -0.2) is 0 Å². The van der Waals surface area contributed by atoms with E-state index in [0.29, 0.717) is 5.56 Å². The topological polar surface area (TPSA) is 48.7 Å². The Labute approximate surface area is 146 Å². The smallest absolute Gasteiger partial charge is 0.453 e. The molecule has 0 radical (unpaired) electrons. The standard InChI is InChI=1S/C19H15F3O4/c1-10-4-5-11(2)14(8-10)25-17-16(23)13-7-6-12(24-3)9-15(13)26-18(17)19(20,21)22/h4-9H,1-3H3. The fourth-order valence-corrected chi connectivity index (χ4v) is 2.49. The highest BCUT2D eigenvalue weighted by atomic mass is 19.4. The number of hydrogen-bond donors (Lipinski definition) is 0. The van der Waals surface area contributed by atoms with Crippen molar-refractivity contribution in [1.29, 1.82) is 0 Å². The van der Waals surface area contributed by atoms with Crippen LogP contribution in [-0.4, -0.2) is 7.11 Å². The predicted octanol–water partition coefficient (Wildman–Crippen LogP) is 5.23. The summed E-state index contributed by atoms with van der Waals surface area (Å²) in [5.41, 5.74) is 0.254. The zero-order chi connectivity index (χ0) is 19.1. The van der Waals surface area contributed by atoms with E-state index in [9.17, 15) is 18.0 Å². The zero-order valence-electron chi connectivity index (χ0n) is 14.2. The molecule has 0 aliphatic heterocycles. The molecule has 0 unspecified atom stereocenters. The van der Waals surface area contributed by atoms with Gasteiger partial charge < -0.3 is 13.9 Å². The molecule has 2 aromatic carbocycles. The van der Waals surface area contributed by atoms with Crippen molar-refractivity contribution < 1.29 is 27.1 Å². The molecule has 3 rings (SSSR count). The molecule has 26 heavy (non-hydrogen) atoms. The summed E-state index contributed by atoms with van der Waals surface area (Å²) < 4.78 is 55.8. The first-order valence-corrected chi connectivity index (χ1v) is 7.68. The van der Waals surface area contributed by atoms with Gasteiger partial charge in [0.1, 0.15) is 17.1 Å². The van der Waals surface area contributed by atoms with Crippen LogP contribution in [0.25, 0.3) is 11.0 Å². The molecule has 0 aliphatic rings. The number of benzene rings is 2. The lowest BCUT2D eigenvalue weighted by molar-refractivity contribution is -0.154. The second-order valence-corrected chi connectivity index (χ2v) is 5.82. The van der Waals surface area contributed by atoms with E-state index in [1.165, 1.54) is 25.3 Å². The van der Waals surface area contributed by atoms with Crippen LogP contribution in [0.5, 0.6) is 17.2 Å². The van der Waals surface area contributed by atoms with Crippen molar-refractivity contribution in [3.63, 3.8) is 0 Å². The quantitative estimate of drug-likeness (QED) is 0.639. The number of fused-ring (bicyclic) bond motifs is 1. The minimum Gasteiger partial charge on any atom is -0.497 e. The molecule has 0 saturated carbocycles. The molecule has 0 spiro atoms. The summed E-state index contributed by atoms with van der Waals surface area (Å²) >= 11 is 0. The molecule has 0 saturated heterocycles. The monoisotopic (exact) mass is 364 g/mol. The van der Waals surface area contributed by atoms with Gasteiger partial charge in [0.15, 0.2) is 0 Å². The summed E-state index contributed by atoms with van der Waals surface area (Å²) in [5, 5.41) is -0.0286. The molecule has 0 atom stereocenters. The number of alkyl halides is 3. The van der Waals surface area contributed by atoms with Crippen LogP contribution in [0.2, 0.25) is 0 Å². The molecule has 7 heteroatoms. The summed E-state index contributed by atoms with van der Waals surface area (Å²) in [7, 11) is 1.36. The Bertz CT molecular complexity index is 1040. The predicted molar refractivity (Wildman–Crippen MR) is 90.0 cm³/mol. The Hall–Kier alpha value is -2.96. The van der Waals surface area contributed by atoms with Gasteiger partial charge in [-0.3, -0.25) is 4.79 Å². The minimum absolute atomic E-state index is 0.0286. The third-order valence-corrected chi connectivity index (χ3v) is 3.87. The maximum absolute atomic E-state index is 13.5. The number of methoxy groups -OCH3 is 1. The first-order chi connectivity index (χ1) is 12.2. The summed E-state index contributed by atoms with van der Waals surface area (Å²) in [6.45, 7) is 3.45.